The van der Waals surface area contributed by atoms with Crippen LogP contribution in [-0.2, 0) is 9.53 Å². The SMILES string of the molecule is COC(=O)c1ccccc1NC(=O)c1cccc(NC(=O)COc2ccc(C)cc2C)c1. The highest BCUT2D eigenvalue weighted by Gasteiger charge is 2.15. The molecule has 0 fully saturated rings. The van der Waals surface area contributed by atoms with Crippen LogP contribution in [0.1, 0.15) is 31.8 Å². The maximum Gasteiger partial charge on any atom is 0.339 e. The minimum Gasteiger partial charge on any atom is -0.483 e. The Morgan fingerprint density at radius 2 is 1.66 bits per heavy atom. The average Bonchev–Trinajstić information content (AvgIpc) is 2.78. The zero-order valence-electron chi connectivity index (χ0n) is 18.1. The minimum atomic E-state index is -0.550. The molecule has 3 aromatic carbocycles. The fourth-order valence-electron chi connectivity index (χ4n) is 3.11. The zero-order chi connectivity index (χ0) is 23.1. The van der Waals surface area contributed by atoms with Crippen molar-refractivity contribution in [2.75, 3.05) is 24.4 Å². The molecule has 0 radical (unpaired) electrons. The van der Waals surface area contributed by atoms with E-state index < -0.39 is 11.9 Å². The largest absolute Gasteiger partial charge is 0.483 e. The molecule has 0 aliphatic carbocycles. The lowest BCUT2D eigenvalue weighted by Gasteiger charge is -2.12. The maximum atomic E-state index is 12.7. The summed E-state index contributed by atoms with van der Waals surface area (Å²) in [6.07, 6.45) is 0. The van der Waals surface area contributed by atoms with E-state index in [-0.39, 0.29) is 18.1 Å². The van der Waals surface area contributed by atoms with Crippen LogP contribution in [0.5, 0.6) is 5.75 Å². The monoisotopic (exact) mass is 432 g/mol. The second-order valence-electron chi connectivity index (χ2n) is 7.18. The van der Waals surface area contributed by atoms with Gasteiger partial charge in [-0.15, -0.1) is 0 Å². The van der Waals surface area contributed by atoms with Crippen molar-refractivity contribution < 1.29 is 23.9 Å². The van der Waals surface area contributed by atoms with Crippen LogP contribution < -0.4 is 15.4 Å². The predicted octanol–water partition coefficient (Wildman–Crippen LogP) is 4.36. The van der Waals surface area contributed by atoms with Crippen molar-refractivity contribution in [3.05, 3.63) is 89.0 Å². The van der Waals surface area contributed by atoms with Crippen LogP contribution in [0.3, 0.4) is 0 Å². The van der Waals surface area contributed by atoms with E-state index in [0.29, 0.717) is 22.7 Å². The lowest BCUT2D eigenvalue weighted by molar-refractivity contribution is -0.118. The van der Waals surface area contributed by atoms with Crippen LogP contribution in [0, 0.1) is 13.8 Å². The second-order valence-corrected chi connectivity index (χ2v) is 7.18. The number of hydrogen-bond donors (Lipinski definition) is 2. The number of carbonyl (C=O) groups is 3. The highest BCUT2D eigenvalue weighted by Crippen LogP contribution is 2.20. The number of nitrogens with one attached hydrogen (secondary N) is 2. The topological polar surface area (TPSA) is 93.7 Å². The number of carbonyl (C=O) groups excluding carboxylic acids is 3. The lowest BCUT2D eigenvalue weighted by atomic mass is 10.1. The Balaban J connectivity index is 1.64. The van der Waals surface area contributed by atoms with E-state index in [9.17, 15) is 14.4 Å². The Kier molecular flexibility index (Phi) is 7.23. The molecule has 7 nitrogen and oxygen atoms in total. The van der Waals surface area contributed by atoms with Gasteiger partial charge in [-0.25, -0.2) is 4.79 Å². The van der Waals surface area contributed by atoms with E-state index in [1.807, 2.05) is 32.0 Å². The van der Waals surface area contributed by atoms with Crippen LogP contribution in [0.15, 0.2) is 66.7 Å². The van der Waals surface area contributed by atoms with Gasteiger partial charge in [0.1, 0.15) is 5.75 Å². The van der Waals surface area contributed by atoms with E-state index in [1.165, 1.54) is 7.11 Å². The first-order valence-corrected chi connectivity index (χ1v) is 9.96. The van der Waals surface area contributed by atoms with Gasteiger partial charge in [0.25, 0.3) is 11.8 Å². The number of ether oxygens (including phenoxy) is 2. The summed E-state index contributed by atoms with van der Waals surface area (Å²) in [4.78, 5) is 36.9. The standard InChI is InChI=1S/C25H24N2O5/c1-16-11-12-22(17(2)13-16)32-15-23(28)26-19-8-6-7-18(14-19)24(29)27-21-10-5-4-9-20(21)25(30)31-3/h4-14H,15H2,1-3H3,(H,26,28)(H,27,29). The zero-order valence-corrected chi connectivity index (χ0v) is 18.1. The summed E-state index contributed by atoms with van der Waals surface area (Å²) >= 11 is 0. The third-order valence-corrected chi connectivity index (χ3v) is 4.68. The van der Waals surface area contributed by atoms with Gasteiger partial charge in [0.15, 0.2) is 6.61 Å². The first kappa shape index (κ1) is 22.6. The van der Waals surface area contributed by atoms with Crippen LogP contribution in [-0.4, -0.2) is 31.5 Å². The molecule has 7 heteroatoms. The Labute approximate surface area is 186 Å². The van der Waals surface area contributed by atoms with Gasteiger partial charge in [0.2, 0.25) is 0 Å². The van der Waals surface area contributed by atoms with E-state index in [1.54, 1.807) is 48.5 Å². The predicted molar refractivity (Wildman–Crippen MR) is 122 cm³/mol. The lowest BCUT2D eigenvalue weighted by Crippen LogP contribution is -2.21. The Hall–Kier alpha value is -4.13. The molecular weight excluding hydrogens is 408 g/mol. The molecule has 0 aliphatic heterocycles. The van der Waals surface area contributed by atoms with Gasteiger partial charge in [0.05, 0.1) is 18.4 Å². The van der Waals surface area contributed by atoms with Crippen molar-refractivity contribution in [3.63, 3.8) is 0 Å². The summed E-state index contributed by atoms with van der Waals surface area (Å²) in [5.41, 5.74) is 3.41. The van der Waals surface area contributed by atoms with Gasteiger partial charge in [-0.2, -0.15) is 0 Å². The molecule has 0 aromatic heterocycles. The molecule has 3 aromatic rings. The summed E-state index contributed by atoms with van der Waals surface area (Å²) in [6, 6.07) is 18.8. The molecule has 0 bridgehead atoms. The van der Waals surface area contributed by atoms with Crippen molar-refractivity contribution in [1.29, 1.82) is 0 Å². The molecule has 0 atom stereocenters. The fourth-order valence-corrected chi connectivity index (χ4v) is 3.11. The number of methoxy groups -OCH3 is 1. The van der Waals surface area contributed by atoms with E-state index in [4.69, 9.17) is 9.47 Å². The van der Waals surface area contributed by atoms with Crippen molar-refractivity contribution in [2.45, 2.75) is 13.8 Å². The number of hydrogen-bond acceptors (Lipinski definition) is 5. The third kappa shape index (κ3) is 5.72. The molecule has 3 rings (SSSR count). The highest BCUT2D eigenvalue weighted by molar-refractivity contribution is 6.08. The number of aryl methyl sites for hydroxylation is 2. The molecule has 0 heterocycles. The number of anilines is 2. The van der Waals surface area contributed by atoms with Crippen LogP contribution in [0.4, 0.5) is 11.4 Å². The molecule has 0 spiro atoms. The summed E-state index contributed by atoms with van der Waals surface area (Å²) in [6.45, 7) is 3.74. The van der Waals surface area contributed by atoms with Crippen molar-refractivity contribution >= 4 is 29.2 Å². The van der Waals surface area contributed by atoms with Gasteiger partial charge in [0, 0.05) is 11.3 Å². The third-order valence-electron chi connectivity index (χ3n) is 4.68. The number of benzene rings is 3. The number of rotatable bonds is 7. The molecule has 2 amide bonds. The molecule has 2 N–H and O–H groups in total. The van der Waals surface area contributed by atoms with Gasteiger partial charge in [-0.3, -0.25) is 9.59 Å². The summed E-state index contributed by atoms with van der Waals surface area (Å²) in [7, 11) is 1.27. The first-order valence-electron chi connectivity index (χ1n) is 9.96. The Bertz CT molecular complexity index is 1160. The molecule has 164 valence electrons. The highest BCUT2D eigenvalue weighted by atomic mass is 16.5. The number of esters is 1. The van der Waals surface area contributed by atoms with Crippen molar-refractivity contribution in [2.24, 2.45) is 0 Å². The van der Waals surface area contributed by atoms with Crippen molar-refractivity contribution in [3.8, 4) is 5.75 Å². The van der Waals surface area contributed by atoms with Gasteiger partial charge >= 0.3 is 5.97 Å². The van der Waals surface area contributed by atoms with Crippen molar-refractivity contribution in [1.82, 2.24) is 0 Å². The van der Waals surface area contributed by atoms with Gasteiger partial charge < -0.3 is 20.1 Å². The van der Waals surface area contributed by atoms with E-state index in [2.05, 4.69) is 10.6 Å². The molecule has 0 saturated heterocycles. The normalized spacial score (nSPS) is 10.2. The number of para-hydroxylation sites is 1. The van der Waals surface area contributed by atoms with Gasteiger partial charge in [-0.1, -0.05) is 35.9 Å². The first-order chi connectivity index (χ1) is 15.4. The quantitative estimate of drug-likeness (QED) is 0.541. The van der Waals surface area contributed by atoms with E-state index >= 15 is 0 Å². The second kappa shape index (κ2) is 10.3. The summed E-state index contributed by atoms with van der Waals surface area (Å²) in [5, 5.41) is 5.43. The molecule has 32 heavy (non-hydrogen) atoms. The summed E-state index contributed by atoms with van der Waals surface area (Å²) < 4.78 is 10.3. The Morgan fingerprint density at radius 3 is 2.41 bits per heavy atom. The number of amides is 2. The Morgan fingerprint density at radius 1 is 0.875 bits per heavy atom. The molecule has 0 aliphatic rings. The molecule has 0 unspecified atom stereocenters. The molecular formula is C25H24N2O5. The van der Waals surface area contributed by atoms with Crippen LogP contribution >= 0.6 is 0 Å². The van der Waals surface area contributed by atoms with Crippen LogP contribution in [0.25, 0.3) is 0 Å². The average molecular weight is 432 g/mol. The van der Waals surface area contributed by atoms with E-state index in [0.717, 1.165) is 11.1 Å². The smallest absolute Gasteiger partial charge is 0.339 e. The summed E-state index contributed by atoms with van der Waals surface area (Å²) in [5.74, 6) is -0.684. The fraction of sp³-hybridized carbons (Fsp3) is 0.160. The minimum absolute atomic E-state index is 0.160. The van der Waals surface area contributed by atoms with Crippen LogP contribution in [0.2, 0.25) is 0 Å². The van der Waals surface area contributed by atoms with Gasteiger partial charge in [-0.05, 0) is 55.8 Å². The maximum absolute atomic E-state index is 12.7. The molecule has 0 saturated carbocycles.